The van der Waals surface area contributed by atoms with Crippen molar-refractivity contribution in [1.29, 1.82) is 0 Å². The van der Waals surface area contributed by atoms with Gasteiger partial charge in [-0.05, 0) is 32.9 Å². The molecule has 1 rings (SSSR count). The molecule has 1 N–H and O–H groups in total. The summed E-state index contributed by atoms with van der Waals surface area (Å²) < 4.78 is 5.51. The van der Waals surface area contributed by atoms with Crippen molar-refractivity contribution < 1.29 is 4.74 Å². The highest BCUT2D eigenvalue weighted by Crippen LogP contribution is 2.13. The number of hydrogen-bond acceptors (Lipinski definition) is 3. The number of likely N-dealkylation sites (N-methyl/N-ethyl adjacent to an activating group) is 1. The standard InChI is InChI=1S/C13H28N2O/c1-3-4-10-16-11-8-14-12-13-7-5-6-9-15(13)2/h13-14H,3-12H2,1-2H3. The predicted octanol–water partition coefficient (Wildman–Crippen LogP) is 1.88. The highest BCUT2D eigenvalue weighted by Gasteiger charge is 2.17. The van der Waals surface area contributed by atoms with Crippen molar-refractivity contribution in [1.82, 2.24) is 10.2 Å². The maximum Gasteiger partial charge on any atom is 0.0590 e. The molecule has 0 bridgehead atoms. The fraction of sp³-hybridized carbons (Fsp3) is 1.00. The number of nitrogens with zero attached hydrogens (tertiary/aromatic N) is 1. The van der Waals surface area contributed by atoms with E-state index >= 15 is 0 Å². The van der Waals surface area contributed by atoms with Crippen molar-refractivity contribution in [3.8, 4) is 0 Å². The summed E-state index contributed by atoms with van der Waals surface area (Å²) in [6, 6.07) is 0.740. The van der Waals surface area contributed by atoms with E-state index in [-0.39, 0.29) is 0 Å². The molecular formula is C13H28N2O. The largest absolute Gasteiger partial charge is 0.380 e. The van der Waals surface area contributed by atoms with Crippen LogP contribution in [0.15, 0.2) is 0 Å². The van der Waals surface area contributed by atoms with Gasteiger partial charge in [-0.3, -0.25) is 0 Å². The van der Waals surface area contributed by atoms with Crippen molar-refractivity contribution in [2.24, 2.45) is 0 Å². The summed E-state index contributed by atoms with van der Waals surface area (Å²) in [6.07, 6.45) is 6.52. The summed E-state index contributed by atoms with van der Waals surface area (Å²) in [5, 5.41) is 3.50. The number of rotatable bonds is 8. The minimum Gasteiger partial charge on any atom is -0.380 e. The Bertz CT molecular complexity index is 164. The summed E-state index contributed by atoms with van der Waals surface area (Å²) in [4.78, 5) is 2.48. The fourth-order valence-electron chi connectivity index (χ4n) is 2.16. The van der Waals surface area contributed by atoms with Crippen molar-refractivity contribution in [2.75, 3.05) is 39.9 Å². The quantitative estimate of drug-likeness (QED) is 0.642. The van der Waals surface area contributed by atoms with Crippen LogP contribution >= 0.6 is 0 Å². The van der Waals surface area contributed by atoms with Gasteiger partial charge in [0.15, 0.2) is 0 Å². The van der Waals surface area contributed by atoms with Gasteiger partial charge in [0, 0.05) is 25.7 Å². The van der Waals surface area contributed by atoms with Crippen LogP contribution in [-0.2, 0) is 4.74 Å². The first-order valence-corrected chi connectivity index (χ1v) is 6.83. The van der Waals surface area contributed by atoms with Crippen LogP contribution in [0.4, 0.5) is 0 Å². The van der Waals surface area contributed by atoms with E-state index in [0.717, 1.165) is 32.3 Å². The number of nitrogens with one attached hydrogen (secondary N) is 1. The lowest BCUT2D eigenvalue weighted by atomic mass is 10.0. The van der Waals surface area contributed by atoms with E-state index in [2.05, 4.69) is 24.2 Å². The monoisotopic (exact) mass is 228 g/mol. The second-order valence-electron chi connectivity index (χ2n) is 4.80. The van der Waals surface area contributed by atoms with Gasteiger partial charge in [0.1, 0.15) is 0 Å². The van der Waals surface area contributed by atoms with E-state index in [9.17, 15) is 0 Å². The summed E-state index contributed by atoms with van der Waals surface area (Å²) in [7, 11) is 2.24. The third-order valence-corrected chi connectivity index (χ3v) is 3.37. The average Bonchev–Trinajstić information content (AvgIpc) is 2.30. The minimum atomic E-state index is 0.740. The smallest absolute Gasteiger partial charge is 0.0590 e. The van der Waals surface area contributed by atoms with Gasteiger partial charge in [0.2, 0.25) is 0 Å². The number of piperidine rings is 1. The SMILES string of the molecule is CCCCOCCNCC1CCCCN1C. The zero-order valence-electron chi connectivity index (χ0n) is 11.0. The summed E-state index contributed by atoms with van der Waals surface area (Å²) >= 11 is 0. The molecule has 3 heteroatoms. The Morgan fingerprint density at radius 1 is 1.31 bits per heavy atom. The Kier molecular flexibility index (Phi) is 7.81. The first-order valence-electron chi connectivity index (χ1n) is 6.83. The molecule has 0 radical (unpaired) electrons. The fourth-order valence-corrected chi connectivity index (χ4v) is 2.16. The molecule has 3 nitrogen and oxygen atoms in total. The van der Waals surface area contributed by atoms with Crippen molar-refractivity contribution in [3.05, 3.63) is 0 Å². The lowest BCUT2D eigenvalue weighted by Crippen LogP contribution is -2.43. The van der Waals surface area contributed by atoms with Gasteiger partial charge in [0.25, 0.3) is 0 Å². The third kappa shape index (κ3) is 5.83. The zero-order chi connectivity index (χ0) is 11.6. The van der Waals surface area contributed by atoms with Crippen LogP contribution in [0.25, 0.3) is 0 Å². The van der Waals surface area contributed by atoms with Gasteiger partial charge in [-0.2, -0.15) is 0 Å². The Labute approximate surface area is 101 Å². The van der Waals surface area contributed by atoms with Crippen molar-refractivity contribution >= 4 is 0 Å². The Balaban J connectivity index is 1.90. The molecule has 16 heavy (non-hydrogen) atoms. The van der Waals surface area contributed by atoms with Crippen LogP contribution in [-0.4, -0.2) is 50.8 Å². The molecule has 96 valence electrons. The van der Waals surface area contributed by atoms with Gasteiger partial charge in [-0.25, -0.2) is 0 Å². The Morgan fingerprint density at radius 3 is 2.94 bits per heavy atom. The van der Waals surface area contributed by atoms with Crippen LogP contribution in [0.2, 0.25) is 0 Å². The highest BCUT2D eigenvalue weighted by atomic mass is 16.5. The third-order valence-electron chi connectivity index (χ3n) is 3.37. The van der Waals surface area contributed by atoms with Crippen LogP contribution in [0, 0.1) is 0 Å². The molecule has 1 aliphatic rings. The van der Waals surface area contributed by atoms with E-state index in [1.54, 1.807) is 0 Å². The van der Waals surface area contributed by atoms with E-state index in [0.29, 0.717) is 0 Å². The topological polar surface area (TPSA) is 24.5 Å². The number of hydrogen-bond donors (Lipinski definition) is 1. The Morgan fingerprint density at radius 2 is 2.19 bits per heavy atom. The molecule has 1 heterocycles. The number of unbranched alkanes of at least 4 members (excludes halogenated alkanes) is 1. The molecule has 0 aliphatic carbocycles. The molecule has 1 aliphatic heterocycles. The molecule has 1 atom stereocenters. The molecule has 0 aromatic heterocycles. The summed E-state index contributed by atoms with van der Waals surface area (Å²) in [5.74, 6) is 0. The zero-order valence-corrected chi connectivity index (χ0v) is 11.0. The van der Waals surface area contributed by atoms with Crippen LogP contribution in [0.5, 0.6) is 0 Å². The highest BCUT2D eigenvalue weighted by molar-refractivity contribution is 4.75. The Hall–Kier alpha value is -0.120. The second kappa shape index (κ2) is 8.97. The molecule has 1 saturated heterocycles. The van der Waals surface area contributed by atoms with Crippen LogP contribution in [0.1, 0.15) is 39.0 Å². The molecule has 0 spiro atoms. The maximum atomic E-state index is 5.51. The van der Waals surface area contributed by atoms with Crippen LogP contribution in [0.3, 0.4) is 0 Å². The molecule has 1 fully saturated rings. The van der Waals surface area contributed by atoms with E-state index in [4.69, 9.17) is 4.74 Å². The first kappa shape index (κ1) is 13.9. The van der Waals surface area contributed by atoms with E-state index in [1.165, 1.54) is 38.6 Å². The molecular weight excluding hydrogens is 200 g/mol. The summed E-state index contributed by atoms with van der Waals surface area (Å²) in [5.41, 5.74) is 0. The molecule has 0 aromatic carbocycles. The molecule has 0 amide bonds. The van der Waals surface area contributed by atoms with E-state index < -0.39 is 0 Å². The number of ether oxygens (including phenoxy) is 1. The molecule has 1 unspecified atom stereocenters. The van der Waals surface area contributed by atoms with Crippen molar-refractivity contribution in [2.45, 2.75) is 45.1 Å². The summed E-state index contributed by atoms with van der Waals surface area (Å²) in [6.45, 7) is 7.35. The average molecular weight is 228 g/mol. The van der Waals surface area contributed by atoms with Crippen LogP contribution < -0.4 is 5.32 Å². The van der Waals surface area contributed by atoms with Gasteiger partial charge in [-0.15, -0.1) is 0 Å². The first-order chi connectivity index (χ1) is 7.84. The van der Waals surface area contributed by atoms with Gasteiger partial charge in [0.05, 0.1) is 6.61 Å². The number of likely N-dealkylation sites (tertiary alicyclic amines) is 1. The van der Waals surface area contributed by atoms with Gasteiger partial charge in [-0.1, -0.05) is 19.8 Å². The molecule has 0 aromatic rings. The second-order valence-corrected chi connectivity index (χ2v) is 4.80. The van der Waals surface area contributed by atoms with E-state index in [1.807, 2.05) is 0 Å². The lowest BCUT2D eigenvalue weighted by molar-refractivity contribution is 0.127. The molecule has 0 saturated carbocycles. The normalized spacial score (nSPS) is 22.5. The van der Waals surface area contributed by atoms with Crippen molar-refractivity contribution in [3.63, 3.8) is 0 Å². The lowest BCUT2D eigenvalue weighted by Gasteiger charge is -2.32. The van der Waals surface area contributed by atoms with Gasteiger partial charge < -0.3 is 15.0 Å². The maximum absolute atomic E-state index is 5.51. The predicted molar refractivity (Wildman–Crippen MR) is 68.9 cm³/mol. The van der Waals surface area contributed by atoms with Gasteiger partial charge >= 0.3 is 0 Å². The minimum absolute atomic E-state index is 0.740.